The summed E-state index contributed by atoms with van der Waals surface area (Å²) in [5.41, 5.74) is 5.23. The fourth-order valence-electron chi connectivity index (χ4n) is 0.482. The summed E-state index contributed by atoms with van der Waals surface area (Å²) in [5, 5.41) is 0. The summed E-state index contributed by atoms with van der Waals surface area (Å²) in [7, 11) is 0. The number of alkyl halides is 3. The van der Waals surface area contributed by atoms with E-state index in [1.165, 1.54) is 0 Å². The summed E-state index contributed by atoms with van der Waals surface area (Å²) in [6.45, 7) is -1.31. The van der Waals surface area contributed by atoms with Crippen molar-refractivity contribution in [3.63, 3.8) is 0 Å². The van der Waals surface area contributed by atoms with Crippen molar-refractivity contribution in [2.24, 2.45) is 5.73 Å². The number of ether oxygens (including phenoxy) is 1. The van der Waals surface area contributed by atoms with Crippen LogP contribution in [0.15, 0.2) is 0 Å². The van der Waals surface area contributed by atoms with Crippen molar-refractivity contribution >= 4 is 0 Å². The molecule has 0 aliphatic heterocycles. The number of halogens is 3. The van der Waals surface area contributed by atoms with Gasteiger partial charge in [-0.1, -0.05) is 5.92 Å². The van der Waals surface area contributed by atoms with Gasteiger partial charge in [0.2, 0.25) is 0 Å². The van der Waals surface area contributed by atoms with Gasteiger partial charge in [-0.05, 0) is 6.42 Å². The molecule has 0 aromatic carbocycles. The zero-order chi connectivity index (χ0) is 9.61. The fourth-order valence-corrected chi connectivity index (χ4v) is 0.482. The highest BCUT2D eigenvalue weighted by Gasteiger charge is 2.27. The van der Waals surface area contributed by atoms with Gasteiger partial charge in [0.15, 0.2) is 0 Å². The summed E-state index contributed by atoms with van der Waals surface area (Å²) in [4.78, 5) is 0. The van der Waals surface area contributed by atoms with Crippen molar-refractivity contribution in [3.05, 3.63) is 0 Å². The predicted octanol–water partition coefficient (Wildman–Crippen LogP) is 0.916. The highest BCUT2D eigenvalue weighted by molar-refractivity contribution is 4.96. The number of nitrogens with two attached hydrogens (primary N) is 1. The third-order valence-corrected chi connectivity index (χ3v) is 1.05. The number of terminal acetylenes is 1. The smallest absolute Gasteiger partial charge is 0.372 e. The van der Waals surface area contributed by atoms with Crippen molar-refractivity contribution in [1.29, 1.82) is 0 Å². The van der Waals surface area contributed by atoms with E-state index < -0.39 is 18.8 Å². The summed E-state index contributed by atoms with van der Waals surface area (Å²) in [6, 6.07) is -0.529. The fraction of sp³-hybridized carbons (Fsp3) is 0.714. The van der Waals surface area contributed by atoms with E-state index in [1.54, 1.807) is 0 Å². The van der Waals surface area contributed by atoms with Crippen LogP contribution in [-0.4, -0.2) is 25.4 Å². The Morgan fingerprint density at radius 3 is 2.50 bits per heavy atom. The topological polar surface area (TPSA) is 35.2 Å². The molecule has 5 heteroatoms. The van der Waals surface area contributed by atoms with Crippen LogP contribution >= 0.6 is 0 Å². The van der Waals surface area contributed by atoms with E-state index in [0.717, 1.165) is 0 Å². The van der Waals surface area contributed by atoms with E-state index in [-0.39, 0.29) is 13.0 Å². The lowest BCUT2D eigenvalue weighted by Gasteiger charge is -2.08. The zero-order valence-corrected chi connectivity index (χ0v) is 6.40. The molecule has 0 bridgehead atoms. The van der Waals surface area contributed by atoms with Gasteiger partial charge in [-0.25, -0.2) is 0 Å². The Morgan fingerprint density at radius 2 is 2.08 bits per heavy atom. The normalized spacial score (nSPS) is 13.9. The van der Waals surface area contributed by atoms with Crippen molar-refractivity contribution < 1.29 is 17.9 Å². The molecule has 0 aliphatic rings. The second kappa shape index (κ2) is 5.01. The molecule has 0 heterocycles. The monoisotopic (exact) mass is 181 g/mol. The molecule has 0 amide bonds. The van der Waals surface area contributed by atoms with Crippen LogP contribution in [0.4, 0.5) is 13.2 Å². The van der Waals surface area contributed by atoms with Gasteiger partial charge >= 0.3 is 6.18 Å². The zero-order valence-electron chi connectivity index (χ0n) is 6.40. The van der Waals surface area contributed by atoms with Crippen molar-refractivity contribution in [2.45, 2.75) is 18.6 Å². The van der Waals surface area contributed by atoms with Gasteiger partial charge < -0.3 is 10.5 Å². The molecular weight excluding hydrogens is 171 g/mol. The molecule has 0 spiro atoms. The SMILES string of the molecule is C#CC(N)CCOCC(F)(F)F. The minimum absolute atomic E-state index is 0.0646. The lowest BCUT2D eigenvalue weighted by Crippen LogP contribution is -2.22. The minimum atomic E-state index is -4.28. The van der Waals surface area contributed by atoms with E-state index in [1.807, 2.05) is 0 Å². The second-order valence-corrected chi connectivity index (χ2v) is 2.23. The standard InChI is InChI=1S/C7H10F3NO/c1-2-6(11)3-4-12-5-7(8,9)10/h1,6H,3-5,11H2. The van der Waals surface area contributed by atoms with Crippen LogP contribution in [0, 0.1) is 12.3 Å². The maximum Gasteiger partial charge on any atom is 0.411 e. The molecule has 0 aromatic heterocycles. The van der Waals surface area contributed by atoms with Crippen LogP contribution < -0.4 is 5.73 Å². The first-order valence-electron chi connectivity index (χ1n) is 3.32. The summed E-state index contributed by atoms with van der Waals surface area (Å²) < 4.78 is 38.7. The average Bonchev–Trinajstić information content (AvgIpc) is 1.96. The first-order valence-corrected chi connectivity index (χ1v) is 3.32. The molecule has 0 aromatic rings. The van der Waals surface area contributed by atoms with Crippen LogP contribution in [0.25, 0.3) is 0 Å². The molecule has 0 saturated carbocycles. The molecule has 1 unspecified atom stereocenters. The Morgan fingerprint density at radius 1 is 1.50 bits per heavy atom. The molecule has 1 atom stereocenters. The van der Waals surface area contributed by atoms with E-state index >= 15 is 0 Å². The van der Waals surface area contributed by atoms with Crippen molar-refractivity contribution in [1.82, 2.24) is 0 Å². The van der Waals surface area contributed by atoms with Crippen LogP contribution in [-0.2, 0) is 4.74 Å². The van der Waals surface area contributed by atoms with Gasteiger partial charge in [-0.2, -0.15) is 13.2 Å². The maximum absolute atomic E-state index is 11.5. The van der Waals surface area contributed by atoms with E-state index in [4.69, 9.17) is 12.2 Å². The Bertz CT molecular complexity index is 161. The third-order valence-electron chi connectivity index (χ3n) is 1.05. The Labute approximate surface area is 68.9 Å². The molecule has 0 rings (SSSR count). The Hall–Kier alpha value is -0.730. The maximum atomic E-state index is 11.5. The van der Waals surface area contributed by atoms with Crippen molar-refractivity contribution in [2.75, 3.05) is 13.2 Å². The first kappa shape index (κ1) is 11.3. The summed E-state index contributed by atoms with van der Waals surface area (Å²) in [5.74, 6) is 2.18. The van der Waals surface area contributed by atoms with Gasteiger partial charge in [0.1, 0.15) is 6.61 Å². The van der Waals surface area contributed by atoms with Crippen LogP contribution in [0.3, 0.4) is 0 Å². The van der Waals surface area contributed by atoms with E-state index in [2.05, 4.69) is 10.7 Å². The third kappa shape index (κ3) is 7.38. The highest BCUT2D eigenvalue weighted by Crippen LogP contribution is 2.14. The Kier molecular flexibility index (Phi) is 4.71. The summed E-state index contributed by atoms with van der Waals surface area (Å²) in [6.07, 6.45) is 0.852. The number of rotatable bonds is 4. The molecule has 0 saturated heterocycles. The largest absolute Gasteiger partial charge is 0.411 e. The number of hydrogen-bond acceptors (Lipinski definition) is 2. The van der Waals surface area contributed by atoms with Crippen LogP contribution in [0.5, 0.6) is 0 Å². The molecule has 12 heavy (non-hydrogen) atoms. The van der Waals surface area contributed by atoms with Gasteiger partial charge in [0, 0.05) is 6.61 Å². The van der Waals surface area contributed by atoms with Gasteiger partial charge in [-0.15, -0.1) is 6.42 Å². The van der Waals surface area contributed by atoms with Gasteiger partial charge in [0.05, 0.1) is 6.04 Å². The predicted molar refractivity (Wildman–Crippen MR) is 38.3 cm³/mol. The average molecular weight is 181 g/mol. The molecular formula is C7H10F3NO. The molecule has 0 aliphatic carbocycles. The van der Waals surface area contributed by atoms with E-state index in [9.17, 15) is 13.2 Å². The quantitative estimate of drug-likeness (QED) is 0.517. The lowest BCUT2D eigenvalue weighted by atomic mass is 10.2. The second-order valence-electron chi connectivity index (χ2n) is 2.23. The lowest BCUT2D eigenvalue weighted by molar-refractivity contribution is -0.174. The van der Waals surface area contributed by atoms with Crippen LogP contribution in [0.2, 0.25) is 0 Å². The minimum Gasteiger partial charge on any atom is -0.372 e. The highest BCUT2D eigenvalue weighted by atomic mass is 19.4. The molecule has 70 valence electrons. The first-order chi connectivity index (χ1) is 5.45. The molecule has 2 nitrogen and oxygen atoms in total. The van der Waals surface area contributed by atoms with Crippen LogP contribution in [0.1, 0.15) is 6.42 Å². The molecule has 0 radical (unpaired) electrons. The van der Waals surface area contributed by atoms with E-state index in [0.29, 0.717) is 0 Å². The number of hydrogen-bond donors (Lipinski definition) is 1. The van der Waals surface area contributed by atoms with Gasteiger partial charge in [-0.3, -0.25) is 0 Å². The molecule has 2 N–H and O–H groups in total. The van der Waals surface area contributed by atoms with Crippen molar-refractivity contribution in [3.8, 4) is 12.3 Å². The summed E-state index contributed by atoms with van der Waals surface area (Å²) >= 11 is 0. The van der Waals surface area contributed by atoms with Gasteiger partial charge in [0.25, 0.3) is 0 Å². The Balaban J connectivity index is 3.29. The molecule has 0 fully saturated rings.